The zero-order valence-electron chi connectivity index (χ0n) is 7.38. The molecule has 1 rings (SSSR count). The van der Waals surface area contributed by atoms with E-state index in [9.17, 15) is 18.0 Å². The Morgan fingerprint density at radius 2 is 1.73 bits per heavy atom. The number of carbonyl (C=O) groups is 1. The first kappa shape index (κ1) is 11.8. The van der Waals surface area contributed by atoms with Gasteiger partial charge in [-0.15, -0.1) is 0 Å². The highest BCUT2D eigenvalue weighted by molar-refractivity contribution is 6.30. The number of alkyl halides is 3. The smallest absolute Gasteiger partial charge is 0.299 e. The van der Waals surface area contributed by atoms with Crippen LogP contribution in [0.2, 0.25) is 5.02 Å². The highest BCUT2D eigenvalue weighted by Gasteiger charge is 2.34. The zero-order valence-corrected chi connectivity index (χ0v) is 8.14. The monoisotopic (exact) mass is 234 g/mol. The van der Waals surface area contributed by atoms with Crippen LogP contribution in [0.1, 0.15) is 5.56 Å². The third-order valence-corrected chi connectivity index (χ3v) is 1.95. The molecule has 80 valence electrons. The molecular formula is C10H6ClF3O. The highest BCUT2D eigenvalue weighted by Crippen LogP contribution is 2.33. The second kappa shape index (κ2) is 4.49. The SMILES string of the molecule is O=C/C=C(\c1ccc(Cl)cc1)C(F)(F)F. The minimum Gasteiger partial charge on any atom is -0.299 e. The molecule has 5 heteroatoms. The van der Waals surface area contributed by atoms with Crippen molar-refractivity contribution in [1.29, 1.82) is 0 Å². The molecule has 15 heavy (non-hydrogen) atoms. The van der Waals surface area contributed by atoms with Gasteiger partial charge in [-0.1, -0.05) is 23.7 Å². The number of halogens is 4. The molecule has 0 saturated carbocycles. The molecule has 0 bridgehead atoms. The van der Waals surface area contributed by atoms with Crippen LogP contribution in [0.4, 0.5) is 13.2 Å². The van der Waals surface area contributed by atoms with Crippen molar-refractivity contribution in [3.05, 3.63) is 40.9 Å². The van der Waals surface area contributed by atoms with E-state index >= 15 is 0 Å². The minimum absolute atomic E-state index is 0.0843. The van der Waals surface area contributed by atoms with Crippen LogP contribution in [0.3, 0.4) is 0 Å². The molecule has 1 nitrogen and oxygen atoms in total. The molecule has 0 amide bonds. The molecule has 1 aromatic rings. The second-order valence-electron chi connectivity index (χ2n) is 2.72. The van der Waals surface area contributed by atoms with Crippen molar-refractivity contribution in [2.75, 3.05) is 0 Å². The van der Waals surface area contributed by atoms with E-state index in [-0.39, 0.29) is 11.8 Å². The fourth-order valence-corrected chi connectivity index (χ4v) is 1.18. The van der Waals surface area contributed by atoms with E-state index in [0.29, 0.717) is 11.1 Å². The summed E-state index contributed by atoms with van der Waals surface area (Å²) in [6, 6.07) is 5.10. The summed E-state index contributed by atoms with van der Waals surface area (Å²) in [5.41, 5.74) is -1.06. The van der Waals surface area contributed by atoms with Gasteiger partial charge in [-0.2, -0.15) is 13.2 Å². The largest absolute Gasteiger partial charge is 0.417 e. The van der Waals surface area contributed by atoms with Gasteiger partial charge in [-0.3, -0.25) is 4.79 Å². The maximum Gasteiger partial charge on any atom is 0.417 e. The van der Waals surface area contributed by atoms with E-state index in [0.717, 1.165) is 0 Å². The van der Waals surface area contributed by atoms with Crippen molar-refractivity contribution in [3.8, 4) is 0 Å². The third kappa shape index (κ3) is 3.09. The van der Waals surface area contributed by atoms with Gasteiger partial charge in [0.25, 0.3) is 0 Å². The molecule has 1 aromatic carbocycles. The minimum atomic E-state index is -4.55. The predicted octanol–water partition coefficient (Wildman–Crippen LogP) is 3.48. The lowest BCUT2D eigenvalue weighted by Crippen LogP contribution is -2.10. The molecule has 0 aliphatic rings. The first-order valence-corrected chi connectivity index (χ1v) is 4.31. The van der Waals surface area contributed by atoms with Crippen LogP contribution in [0.5, 0.6) is 0 Å². The average Bonchev–Trinajstić information content (AvgIpc) is 2.14. The van der Waals surface area contributed by atoms with Crippen molar-refractivity contribution < 1.29 is 18.0 Å². The summed E-state index contributed by atoms with van der Waals surface area (Å²) in [6.07, 6.45) is -3.95. The van der Waals surface area contributed by atoms with Gasteiger partial charge in [0.15, 0.2) is 0 Å². The molecule has 0 aliphatic carbocycles. The Morgan fingerprint density at radius 3 is 2.13 bits per heavy atom. The lowest BCUT2D eigenvalue weighted by molar-refractivity contribution is -0.104. The summed E-state index contributed by atoms with van der Waals surface area (Å²) in [5.74, 6) is 0. The maximum atomic E-state index is 12.4. The number of hydrogen-bond acceptors (Lipinski definition) is 1. The summed E-state index contributed by atoms with van der Waals surface area (Å²) < 4.78 is 37.3. The van der Waals surface area contributed by atoms with Crippen molar-refractivity contribution in [2.45, 2.75) is 6.18 Å². The van der Waals surface area contributed by atoms with Crippen LogP contribution >= 0.6 is 11.6 Å². The standard InChI is InChI=1S/C10H6ClF3O/c11-8-3-1-7(2-4-8)9(5-6-15)10(12,13)14/h1-6H/b9-5+. The van der Waals surface area contributed by atoms with Crippen LogP contribution in [0, 0.1) is 0 Å². The number of carbonyl (C=O) groups excluding carboxylic acids is 1. The van der Waals surface area contributed by atoms with Gasteiger partial charge in [0.05, 0.1) is 5.57 Å². The lowest BCUT2D eigenvalue weighted by atomic mass is 10.1. The quantitative estimate of drug-likeness (QED) is 0.566. The first-order valence-electron chi connectivity index (χ1n) is 3.94. The summed E-state index contributed by atoms with van der Waals surface area (Å²) >= 11 is 5.54. The van der Waals surface area contributed by atoms with Gasteiger partial charge in [-0.05, 0) is 23.8 Å². The van der Waals surface area contributed by atoms with Gasteiger partial charge in [0.2, 0.25) is 0 Å². The van der Waals surface area contributed by atoms with Gasteiger partial charge in [0, 0.05) is 5.02 Å². The van der Waals surface area contributed by atoms with Crippen LogP contribution < -0.4 is 0 Å². The van der Waals surface area contributed by atoms with Crippen LogP contribution in [-0.2, 0) is 4.79 Å². The van der Waals surface area contributed by atoms with Crippen LogP contribution in [-0.4, -0.2) is 12.5 Å². The fraction of sp³-hybridized carbons (Fsp3) is 0.100. The van der Waals surface area contributed by atoms with Crippen molar-refractivity contribution in [2.24, 2.45) is 0 Å². The molecule has 0 radical (unpaired) electrons. The average molecular weight is 235 g/mol. The van der Waals surface area contributed by atoms with Crippen LogP contribution in [0.25, 0.3) is 5.57 Å². The Hall–Kier alpha value is -1.29. The van der Waals surface area contributed by atoms with Crippen molar-refractivity contribution >= 4 is 23.5 Å². The number of rotatable bonds is 2. The Kier molecular flexibility index (Phi) is 3.52. The summed E-state index contributed by atoms with van der Waals surface area (Å²) in [5, 5.41) is 0.339. The molecule has 0 aromatic heterocycles. The van der Waals surface area contributed by atoms with Gasteiger partial charge >= 0.3 is 6.18 Å². The van der Waals surface area contributed by atoms with E-state index in [1.807, 2.05) is 0 Å². The molecular weight excluding hydrogens is 229 g/mol. The number of benzene rings is 1. The normalized spacial score (nSPS) is 12.7. The molecule has 0 saturated heterocycles. The Balaban J connectivity index is 3.17. The maximum absolute atomic E-state index is 12.4. The molecule has 0 fully saturated rings. The number of aldehydes is 1. The number of hydrogen-bond donors (Lipinski definition) is 0. The van der Waals surface area contributed by atoms with Crippen LogP contribution in [0.15, 0.2) is 30.3 Å². The Bertz CT molecular complexity index is 379. The summed E-state index contributed by atoms with van der Waals surface area (Å²) in [7, 11) is 0. The third-order valence-electron chi connectivity index (χ3n) is 1.70. The molecule has 0 atom stereocenters. The van der Waals surface area contributed by atoms with Gasteiger partial charge < -0.3 is 0 Å². The fourth-order valence-electron chi connectivity index (χ4n) is 1.05. The van der Waals surface area contributed by atoms with Gasteiger partial charge in [-0.25, -0.2) is 0 Å². The molecule has 0 heterocycles. The van der Waals surface area contributed by atoms with E-state index in [4.69, 9.17) is 11.6 Å². The Morgan fingerprint density at radius 1 is 1.20 bits per heavy atom. The Labute approximate surface area is 89.2 Å². The van der Waals surface area contributed by atoms with Crippen molar-refractivity contribution in [1.82, 2.24) is 0 Å². The molecule has 0 aliphatic heterocycles. The first-order chi connectivity index (χ1) is 6.95. The molecule has 0 unspecified atom stereocenters. The summed E-state index contributed by atoms with van der Waals surface area (Å²) in [6.45, 7) is 0. The molecule has 0 N–H and O–H groups in total. The molecule has 0 spiro atoms. The predicted molar refractivity (Wildman–Crippen MR) is 51.5 cm³/mol. The summed E-state index contributed by atoms with van der Waals surface area (Å²) in [4.78, 5) is 10.1. The van der Waals surface area contributed by atoms with Gasteiger partial charge in [0.1, 0.15) is 6.29 Å². The second-order valence-corrected chi connectivity index (χ2v) is 3.16. The van der Waals surface area contributed by atoms with E-state index in [2.05, 4.69) is 0 Å². The van der Waals surface area contributed by atoms with E-state index in [1.165, 1.54) is 24.3 Å². The van der Waals surface area contributed by atoms with E-state index < -0.39 is 11.7 Å². The van der Waals surface area contributed by atoms with Crippen molar-refractivity contribution in [3.63, 3.8) is 0 Å². The lowest BCUT2D eigenvalue weighted by Gasteiger charge is -2.10. The highest BCUT2D eigenvalue weighted by atomic mass is 35.5. The topological polar surface area (TPSA) is 17.1 Å². The van der Waals surface area contributed by atoms with E-state index in [1.54, 1.807) is 0 Å². The number of allylic oxidation sites excluding steroid dienone is 2. The zero-order chi connectivity index (χ0) is 11.5.